The Morgan fingerprint density at radius 1 is 1.04 bits per heavy atom. The van der Waals surface area contributed by atoms with E-state index in [1.54, 1.807) is 0 Å². The SMILES string of the molecule is C=C1C(C)=C(C(=O)c2ccc(C)cc2)C(c2cccc(C)c2)N1CCCC. The molecule has 2 nitrogen and oxygen atoms in total. The van der Waals surface area contributed by atoms with Gasteiger partial charge >= 0.3 is 0 Å². The van der Waals surface area contributed by atoms with Crippen molar-refractivity contribution in [1.82, 2.24) is 4.90 Å². The van der Waals surface area contributed by atoms with Gasteiger partial charge in [0.2, 0.25) is 0 Å². The highest BCUT2D eigenvalue weighted by molar-refractivity contribution is 6.11. The fourth-order valence-electron chi connectivity index (χ4n) is 3.82. The lowest BCUT2D eigenvalue weighted by Crippen LogP contribution is -2.27. The third-order valence-corrected chi connectivity index (χ3v) is 5.44. The number of carbonyl (C=O) groups is 1. The zero-order chi connectivity index (χ0) is 19.6. The number of hydrogen-bond donors (Lipinski definition) is 0. The molecule has 140 valence electrons. The van der Waals surface area contributed by atoms with E-state index in [0.717, 1.165) is 47.4 Å². The molecule has 1 aliphatic rings. The van der Waals surface area contributed by atoms with Crippen LogP contribution in [0.2, 0.25) is 0 Å². The van der Waals surface area contributed by atoms with E-state index >= 15 is 0 Å². The van der Waals surface area contributed by atoms with E-state index in [9.17, 15) is 4.79 Å². The summed E-state index contributed by atoms with van der Waals surface area (Å²) < 4.78 is 0. The molecule has 0 saturated carbocycles. The van der Waals surface area contributed by atoms with Crippen molar-refractivity contribution in [3.63, 3.8) is 0 Å². The van der Waals surface area contributed by atoms with Crippen molar-refractivity contribution in [2.24, 2.45) is 0 Å². The predicted molar refractivity (Wildman–Crippen MR) is 113 cm³/mol. The molecule has 0 bridgehead atoms. The second-order valence-corrected chi connectivity index (χ2v) is 7.54. The summed E-state index contributed by atoms with van der Waals surface area (Å²) in [6, 6.07) is 16.3. The summed E-state index contributed by atoms with van der Waals surface area (Å²) in [7, 11) is 0. The lowest BCUT2D eigenvalue weighted by molar-refractivity contribution is 0.101. The van der Waals surface area contributed by atoms with Gasteiger partial charge in [-0.2, -0.15) is 0 Å². The number of benzene rings is 2. The van der Waals surface area contributed by atoms with E-state index in [1.807, 2.05) is 38.1 Å². The summed E-state index contributed by atoms with van der Waals surface area (Å²) in [6.45, 7) is 13.6. The molecule has 2 aromatic carbocycles. The first-order valence-electron chi connectivity index (χ1n) is 9.78. The molecule has 1 unspecified atom stereocenters. The Kier molecular flexibility index (Phi) is 5.65. The Morgan fingerprint density at radius 2 is 1.74 bits per heavy atom. The number of ketones is 1. The molecule has 1 aliphatic heterocycles. The van der Waals surface area contributed by atoms with Crippen LogP contribution in [0.3, 0.4) is 0 Å². The number of Topliss-reactive ketones (excluding diaryl/α,β-unsaturated/α-hetero) is 1. The van der Waals surface area contributed by atoms with Gasteiger partial charge in [0.15, 0.2) is 5.78 Å². The van der Waals surface area contributed by atoms with Crippen LogP contribution in [0.5, 0.6) is 0 Å². The van der Waals surface area contributed by atoms with Crippen molar-refractivity contribution in [3.8, 4) is 0 Å². The van der Waals surface area contributed by atoms with E-state index in [2.05, 4.69) is 49.6 Å². The van der Waals surface area contributed by atoms with Gasteiger partial charge in [-0.25, -0.2) is 0 Å². The number of unbranched alkanes of at least 4 members (excludes halogenated alkanes) is 1. The van der Waals surface area contributed by atoms with Crippen LogP contribution in [0.25, 0.3) is 0 Å². The standard InChI is InChI=1S/C25H29NO/c1-6-7-15-26-20(5)19(4)23(24(26)22-10-8-9-18(3)16-22)25(27)21-13-11-17(2)12-14-21/h8-14,16,24H,5-7,15H2,1-4H3. The van der Waals surface area contributed by atoms with Crippen molar-refractivity contribution in [1.29, 1.82) is 0 Å². The minimum Gasteiger partial charge on any atom is -0.360 e. The van der Waals surface area contributed by atoms with Gasteiger partial charge < -0.3 is 4.90 Å². The van der Waals surface area contributed by atoms with Crippen molar-refractivity contribution >= 4 is 5.78 Å². The van der Waals surface area contributed by atoms with Gasteiger partial charge in [-0.15, -0.1) is 0 Å². The van der Waals surface area contributed by atoms with E-state index in [-0.39, 0.29) is 11.8 Å². The van der Waals surface area contributed by atoms with Crippen molar-refractivity contribution in [3.05, 3.63) is 94.2 Å². The van der Waals surface area contributed by atoms with Gasteiger partial charge in [0.05, 0.1) is 6.04 Å². The lowest BCUT2D eigenvalue weighted by Gasteiger charge is -2.30. The largest absolute Gasteiger partial charge is 0.360 e. The molecular formula is C25H29NO. The second-order valence-electron chi connectivity index (χ2n) is 7.54. The average molecular weight is 360 g/mol. The molecule has 2 heteroatoms. The second kappa shape index (κ2) is 7.96. The number of aryl methyl sites for hydroxylation is 2. The highest BCUT2D eigenvalue weighted by Gasteiger charge is 2.37. The molecule has 0 spiro atoms. The van der Waals surface area contributed by atoms with Crippen molar-refractivity contribution in [2.45, 2.75) is 46.6 Å². The molecule has 0 aliphatic carbocycles. The maximum atomic E-state index is 13.5. The monoisotopic (exact) mass is 359 g/mol. The third-order valence-electron chi connectivity index (χ3n) is 5.44. The Morgan fingerprint density at radius 3 is 2.37 bits per heavy atom. The van der Waals surface area contributed by atoms with Crippen molar-refractivity contribution < 1.29 is 4.79 Å². The highest BCUT2D eigenvalue weighted by Crippen LogP contribution is 2.44. The lowest BCUT2D eigenvalue weighted by atomic mass is 9.90. The first kappa shape index (κ1) is 19.2. The molecule has 1 atom stereocenters. The smallest absolute Gasteiger partial charge is 0.191 e. The Labute approximate surface area is 163 Å². The Hall–Kier alpha value is -2.61. The van der Waals surface area contributed by atoms with Crippen LogP contribution in [0, 0.1) is 13.8 Å². The van der Waals surface area contributed by atoms with E-state index in [1.165, 1.54) is 11.1 Å². The molecule has 1 heterocycles. The normalized spacial score (nSPS) is 17.0. The van der Waals surface area contributed by atoms with Gasteiger partial charge in [-0.05, 0) is 38.3 Å². The summed E-state index contributed by atoms with van der Waals surface area (Å²) in [5.41, 5.74) is 7.14. The van der Waals surface area contributed by atoms with Gasteiger partial charge in [0, 0.05) is 23.4 Å². The number of carbonyl (C=O) groups excluding carboxylic acids is 1. The third kappa shape index (κ3) is 3.75. The maximum absolute atomic E-state index is 13.5. The number of rotatable bonds is 6. The van der Waals surface area contributed by atoms with Crippen molar-refractivity contribution in [2.75, 3.05) is 6.54 Å². The van der Waals surface area contributed by atoms with E-state index in [4.69, 9.17) is 0 Å². The fourth-order valence-corrected chi connectivity index (χ4v) is 3.82. The minimum absolute atomic E-state index is 0.0576. The van der Waals surface area contributed by atoms with Crippen LogP contribution in [-0.4, -0.2) is 17.2 Å². The van der Waals surface area contributed by atoms with Crippen LogP contribution < -0.4 is 0 Å². The molecule has 0 fully saturated rings. The molecular weight excluding hydrogens is 330 g/mol. The molecule has 27 heavy (non-hydrogen) atoms. The van der Waals surface area contributed by atoms with Crippen LogP contribution in [0.1, 0.15) is 59.8 Å². The van der Waals surface area contributed by atoms with Gasteiger partial charge in [0.25, 0.3) is 0 Å². The predicted octanol–water partition coefficient (Wildman–Crippen LogP) is 6.17. The van der Waals surface area contributed by atoms with Crippen LogP contribution in [-0.2, 0) is 0 Å². The van der Waals surface area contributed by atoms with E-state index in [0.29, 0.717) is 0 Å². The van der Waals surface area contributed by atoms with Gasteiger partial charge in [0.1, 0.15) is 0 Å². The quantitative estimate of drug-likeness (QED) is 0.575. The molecule has 3 rings (SSSR count). The summed E-state index contributed by atoms with van der Waals surface area (Å²) in [5.74, 6) is 0.110. The van der Waals surface area contributed by atoms with Gasteiger partial charge in [-0.3, -0.25) is 4.79 Å². The molecule has 0 amide bonds. The molecule has 2 aromatic rings. The Balaban J connectivity index is 2.08. The zero-order valence-corrected chi connectivity index (χ0v) is 16.9. The Bertz CT molecular complexity index is 889. The van der Waals surface area contributed by atoms with Crippen LogP contribution in [0.15, 0.2) is 72.0 Å². The summed E-state index contributed by atoms with van der Waals surface area (Å²) in [5, 5.41) is 0. The zero-order valence-electron chi connectivity index (χ0n) is 16.9. The molecule has 0 aromatic heterocycles. The first-order chi connectivity index (χ1) is 12.9. The number of nitrogens with zero attached hydrogens (tertiary/aromatic N) is 1. The van der Waals surface area contributed by atoms with Gasteiger partial charge in [-0.1, -0.05) is 79.6 Å². The summed E-state index contributed by atoms with van der Waals surface area (Å²) in [4.78, 5) is 15.8. The van der Waals surface area contributed by atoms with Crippen LogP contribution in [0.4, 0.5) is 0 Å². The highest BCUT2D eigenvalue weighted by atomic mass is 16.1. The minimum atomic E-state index is -0.0576. The average Bonchev–Trinajstić information content (AvgIpc) is 2.91. The number of hydrogen-bond acceptors (Lipinski definition) is 2. The summed E-state index contributed by atoms with van der Waals surface area (Å²) in [6.07, 6.45) is 2.20. The van der Waals surface area contributed by atoms with E-state index < -0.39 is 0 Å². The topological polar surface area (TPSA) is 20.3 Å². The summed E-state index contributed by atoms with van der Waals surface area (Å²) >= 11 is 0. The van der Waals surface area contributed by atoms with Crippen LogP contribution >= 0.6 is 0 Å². The fraction of sp³-hybridized carbons (Fsp3) is 0.320. The maximum Gasteiger partial charge on any atom is 0.191 e. The first-order valence-corrected chi connectivity index (χ1v) is 9.78. The molecule has 0 saturated heterocycles. The number of allylic oxidation sites excluding steroid dienone is 1. The molecule has 0 radical (unpaired) electrons. The molecule has 0 N–H and O–H groups in total.